The summed E-state index contributed by atoms with van der Waals surface area (Å²) in [5, 5.41) is 19.6. The van der Waals surface area contributed by atoms with Crippen LogP contribution < -0.4 is 4.90 Å². The van der Waals surface area contributed by atoms with Crippen LogP contribution in [0.25, 0.3) is 32.9 Å². The van der Waals surface area contributed by atoms with Gasteiger partial charge < -0.3 is 14.7 Å². The van der Waals surface area contributed by atoms with Gasteiger partial charge in [0, 0.05) is 31.1 Å². The predicted molar refractivity (Wildman–Crippen MR) is 110 cm³/mol. The maximum Gasteiger partial charge on any atom is 0.325 e. The Bertz CT molecular complexity index is 1270. The van der Waals surface area contributed by atoms with Crippen molar-refractivity contribution in [1.29, 1.82) is 0 Å². The van der Waals surface area contributed by atoms with Crippen LogP contribution in [0.15, 0.2) is 36.5 Å². The molecule has 4 aromatic rings. The topological polar surface area (TPSA) is 85.4 Å². The first-order valence-corrected chi connectivity index (χ1v) is 9.68. The number of morpholine rings is 1. The highest BCUT2D eigenvalue weighted by atomic mass is 19.1. The maximum atomic E-state index is 15.1. The van der Waals surface area contributed by atoms with Crippen LogP contribution >= 0.6 is 0 Å². The SMILES string of the molecule is Cn1ncc2cc(F)c(-c3cccc4c3c(N3CCOCC3)nn4CC(=O)O)cc21. The summed E-state index contributed by atoms with van der Waals surface area (Å²) in [7, 11) is 1.81. The fourth-order valence-corrected chi connectivity index (χ4v) is 4.06. The number of aromatic nitrogens is 4. The predicted octanol–water partition coefficient (Wildman–Crippen LogP) is 2.65. The van der Waals surface area contributed by atoms with Crippen LogP contribution in [0, 0.1) is 5.82 Å². The number of ether oxygens (including phenoxy) is 1. The third-order valence-electron chi connectivity index (χ3n) is 5.48. The number of benzene rings is 2. The van der Waals surface area contributed by atoms with Crippen molar-refractivity contribution in [2.24, 2.45) is 7.05 Å². The van der Waals surface area contributed by atoms with Crippen molar-refractivity contribution in [2.45, 2.75) is 6.54 Å². The van der Waals surface area contributed by atoms with Crippen molar-refractivity contribution in [1.82, 2.24) is 19.6 Å². The fraction of sp³-hybridized carbons (Fsp3) is 0.286. The molecule has 9 heteroatoms. The Hall–Kier alpha value is -3.46. The van der Waals surface area contributed by atoms with Gasteiger partial charge in [-0.3, -0.25) is 14.2 Å². The molecule has 0 saturated carbocycles. The van der Waals surface area contributed by atoms with Crippen LogP contribution in [0.5, 0.6) is 0 Å². The van der Waals surface area contributed by atoms with Crippen LogP contribution in [0.2, 0.25) is 0 Å². The van der Waals surface area contributed by atoms with Crippen molar-refractivity contribution < 1.29 is 19.0 Å². The van der Waals surface area contributed by atoms with Gasteiger partial charge in [-0.2, -0.15) is 10.2 Å². The van der Waals surface area contributed by atoms with E-state index >= 15 is 4.39 Å². The summed E-state index contributed by atoms with van der Waals surface area (Å²) in [4.78, 5) is 13.5. The Balaban J connectivity index is 1.78. The van der Waals surface area contributed by atoms with Gasteiger partial charge in [-0.15, -0.1) is 0 Å². The molecule has 3 heterocycles. The first-order chi connectivity index (χ1) is 14.5. The van der Waals surface area contributed by atoms with Gasteiger partial charge in [0.15, 0.2) is 5.82 Å². The van der Waals surface area contributed by atoms with Crippen molar-refractivity contribution >= 4 is 33.6 Å². The Morgan fingerprint density at radius 2 is 2.00 bits per heavy atom. The van der Waals surface area contributed by atoms with Crippen LogP contribution in [-0.2, 0) is 23.1 Å². The minimum absolute atomic E-state index is 0.270. The zero-order chi connectivity index (χ0) is 20.8. The van der Waals surface area contributed by atoms with E-state index in [0.717, 1.165) is 16.3 Å². The smallest absolute Gasteiger partial charge is 0.325 e. The van der Waals surface area contributed by atoms with Crippen LogP contribution in [0.1, 0.15) is 0 Å². The molecule has 0 radical (unpaired) electrons. The number of fused-ring (bicyclic) bond motifs is 2. The summed E-state index contributed by atoms with van der Waals surface area (Å²) in [6.07, 6.45) is 1.63. The van der Waals surface area contributed by atoms with Crippen molar-refractivity contribution in [3.63, 3.8) is 0 Å². The standard InChI is InChI=1S/C21H20FN5O3/c1-25-18-10-15(16(22)9-13(18)11-23-25)14-3-2-4-17-20(14)21(24-27(17)12-19(28)29)26-5-7-30-8-6-26/h2-4,9-11H,5-8,12H2,1H3,(H,28,29). The van der Waals surface area contributed by atoms with E-state index in [1.54, 1.807) is 23.0 Å². The number of hydrogen-bond donors (Lipinski definition) is 1. The van der Waals surface area contributed by atoms with E-state index < -0.39 is 5.97 Å². The van der Waals surface area contributed by atoms with E-state index in [9.17, 15) is 9.90 Å². The molecule has 0 atom stereocenters. The molecule has 2 aromatic heterocycles. The fourth-order valence-electron chi connectivity index (χ4n) is 4.06. The summed E-state index contributed by atoms with van der Waals surface area (Å²) >= 11 is 0. The number of carbonyl (C=O) groups is 1. The molecule has 2 aromatic carbocycles. The maximum absolute atomic E-state index is 15.1. The van der Waals surface area contributed by atoms with Gasteiger partial charge in [0.1, 0.15) is 12.4 Å². The number of anilines is 1. The molecule has 1 aliphatic heterocycles. The lowest BCUT2D eigenvalue weighted by atomic mass is 9.99. The summed E-state index contributed by atoms with van der Waals surface area (Å²) in [5.74, 6) is -0.697. The number of rotatable bonds is 4. The van der Waals surface area contributed by atoms with Crippen molar-refractivity contribution in [3.05, 3.63) is 42.3 Å². The highest BCUT2D eigenvalue weighted by molar-refractivity contribution is 6.04. The average Bonchev–Trinajstić information content (AvgIpc) is 3.28. The first-order valence-electron chi connectivity index (χ1n) is 9.68. The lowest BCUT2D eigenvalue weighted by Gasteiger charge is -2.27. The van der Waals surface area contributed by atoms with E-state index in [1.807, 2.05) is 19.2 Å². The molecule has 30 heavy (non-hydrogen) atoms. The molecule has 1 fully saturated rings. The van der Waals surface area contributed by atoms with E-state index in [-0.39, 0.29) is 12.4 Å². The number of carboxylic acid groups (broad SMARTS) is 1. The lowest BCUT2D eigenvalue weighted by molar-refractivity contribution is -0.137. The third-order valence-corrected chi connectivity index (χ3v) is 5.48. The summed E-state index contributed by atoms with van der Waals surface area (Å²) < 4.78 is 23.8. The normalized spacial score (nSPS) is 14.7. The highest BCUT2D eigenvalue weighted by Crippen LogP contribution is 2.38. The summed E-state index contributed by atoms with van der Waals surface area (Å²) in [6.45, 7) is 2.12. The monoisotopic (exact) mass is 409 g/mol. The molecule has 0 amide bonds. The molecular weight excluding hydrogens is 389 g/mol. The van der Waals surface area contributed by atoms with Gasteiger partial charge in [0.2, 0.25) is 0 Å². The molecular formula is C21H20FN5O3. The van der Waals surface area contributed by atoms with Crippen molar-refractivity contribution in [2.75, 3.05) is 31.2 Å². The quantitative estimate of drug-likeness (QED) is 0.558. The Kier molecular flexibility index (Phi) is 4.39. The minimum atomic E-state index is -0.985. The minimum Gasteiger partial charge on any atom is -0.480 e. The van der Waals surface area contributed by atoms with Crippen LogP contribution in [0.4, 0.5) is 10.2 Å². The lowest BCUT2D eigenvalue weighted by Crippen LogP contribution is -2.36. The second-order valence-electron chi connectivity index (χ2n) is 7.33. The van der Waals surface area contributed by atoms with Gasteiger partial charge in [0.25, 0.3) is 0 Å². The highest BCUT2D eigenvalue weighted by Gasteiger charge is 2.24. The van der Waals surface area contributed by atoms with E-state index in [0.29, 0.717) is 48.8 Å². The third kappa shape index (κ3) is 2.98. The molecule has 5 rings (SSSR count). The van der Waals surface area contributed by atoms with Gasteiger partial charge in [-0.25, -0.2) is 4.39 Å². The Morgan fingerprint density at radius 1 is 1.20 bits per heavy atom. The van der Waals surface area contributed by atoms with E-state index in [4.69, 9.17) is 4.74 Å². The van der Waals surface area contributed by atoms with Crippen molar-refractivity contribution in [3.8, 4) is 11.1 Å². The number of nitrogens with zero attached hydrogens (tertiary/aromatic N) is 5. The molecule has 1 saturated heterocycles. The molecule has 0 spiro atoms. The second-order valence-corrected chi connectivity index (χ2v) is 7.33. The molecule has 1 N–H and O–H groups in total. The van der Waals surface area contributed by atoms with Crippen LogP contribution in [-0.4, -0.2) is 56.9 Å². The zero-order valence-electron chi connectivity index (χ0n) is 16.4. The Labute approximate surface area is 171 Å². The summed E-state index contributed by atoms with van der Waals surface area (Å²) in [5.41, 5.74) is 2.57. The Morgan fingerprint density at radius 3 is 2.77 bits per heavy atom. The summed E-state index contributed by atoms with van der Waals surface area (Å²) in [6, 6.07) is 8.73. The zero-order valence-corrected chi connectivity index (χ0v) is 16.4. The number of aryl methyl sites for hydroxylation is 1. The molecule has 0 aliphatic carbocycles. The molecule has 0 bridgehead atoms. The largest absolute Gasteiger partial charge is 0.480 e. The average molecular weight is 409 g/mol. The van der Waals surface area contributed by atoms with Crippen LogP contribution in [0.3, 0.4) is 0 Å². The van der Waals surface area contributed by atoms with Gasteiger partial charge in [-0.1, -0.05) is 12.1 Å². The second kappa shape index (κ2) is 7.10. The molecule has 8 nitrogen and oxygen atoms in total. The van der Waals surface area contributed by atoms with Gasteiger partial charge in [0.05, 0.1) is 35.8 Å². The van der Waals surface area contributed by atoms with E-state index in [2.05, 4.69) is 15.1 Å². The number of hydrogen-bond acceptors (Lipinski definition) is 5. The van der Waals surface area contributed by atoms with Gasteiger partial charge in [-0.05, 0) is 23.8 Å². The first kappa shape index (κ1) is 18.6. The molecule has 1 aliphatic rings. The molecule has 154 valence electrons. The van der Waals surface area contributed by atoms with Gasteiger partial charge >= 0.3 is 5.97 Å². The van der Waals surface area contributed by atoms with E-state index in [1.165, 1.54) is 10.7 Å². The number of halogens is 1. The number of carboxylic acids is 1. The molecule has 0 unspecified atom stereocenters. The number of aliphatic carboxylic acids is 1.